The molecule has 0 aliphatic heterocycles. The zero-order valence-corrected chi connectivity index (χ0v) is 23.1. The lowest BCUT2D eigenvalue weighted by molar-refractivity contribution is -0.174. The van der Waals surface area contributed by atoms with Crippen molar-refractivity contribution in [3.63, 3.8) is 0 Å². The summed E-state index contributed by atoms with van der Waals surface area (Å²) in [6, 6.07) is 0. The van der Waals surface area contributed by atoms with Gasteiger partial charge in [0.1, 0.15) is 5.01 Å². The van der Waals surface area contributed by atoms with Crippen molar-refractivity contribution in [1.29, 1.82) is 0 Å². The Labute approximate surface area is 220 Å². The number of carbonyl (C=O) groups is 1. The maximum absolute atomic E-state index is 12.7. The van der Waals surface area contributed by atoms with E-state index >= 15 is 0 Å². The van der Waals surface area contributed by atoms with Crippen LogP contribution in [-0.4, -0.2) is 38.5 Å². The highest BCUT2D eigenvalue weighted by atomic mass is 32.1. The molecule has 6 nitrogen and oxygen atoms in total. The summed E-state index contributed by atoms with van der Waals surface area (Å²) in [7, 11) is 0. The summed E-state index contributed by atoms with van der Waals surface area (Å²) in [4.78, 5) is 12.7. The molecule has 0 saturated heterocycles. The first kappa shape index (κ1) is 25.2. The maximum atomic E-state index is 12.7. The molecular formula is C29H45N3O3S. The van der Waals surface area contributed by atoms with Crippen LogP contribution < -0.4 is 5.32 Å². The normalized spacial score (nSPS) is 44.9. The molecule has 6 rings (SSSR count). The third-order valence-electron chi connectivity index (χ3n) is 11.9. The number of hydrogen-bond acceptors (Lipinski definition) is 6. The van der Waals surface area contributed by atoms with Gasteiger partial charge in [-0.3, -0.25) is 4.79 Å². The fraction of sp³-hybridized carbons (Fsp3) is 0.897. The second-order valence-electron chi connectivity index (χ2n) is 13.7. The second kappa shape index (κ2) is 9.30. The lowest BCUT2D eigenvalue weighted by Gasteiger charge is -2.62. The van der Waals surface area contributed by atoms with Crippen LogP contribution in [0, 0.1) is 46.3 Å². The fourth-order valence-corrected chi connectivity index (χ4v) is 10.6. The molecule has 5 fully saturated rings. The molecule has 0 spiro atoms. The molecular weight excluding hydrogens is 470 g/mol. The van der Waals surface area contributed by atoms with Crippen LogP contribution in [-0.2, 0) is 4.79 Å². The number of carbonyl (C=O) groups excluding carboxylic acids is 1. The Balaban J connectivity index is 1.09. The molecule has 1 heterocycles. The number of aromatic nitrogens is 2. The molecule has 10 atom stereocenters. The first-order valence-corrected chi connectivity index (χ1v) is 15.5. The van der Waals surface area contributed by atoms with Gasteiger partial charge >= 0.3 is 0 Å². The Morgan fingerprint density at radius 3 is 2.56 bits per heavy atom. The van der Waals surface area contributed by atoms with Crippen molar-refractivity contribution < 1.29 is 15.0 Å². The summed E-state index contributed by atoms with van der Waals surface area (Å²) < 4.78 is 0. The van der Waals surface area contributed by atoms with Crippen LogP contribution in [0.1, 0.15) is 109 Å². The summed E-state index contributed by atoms with van der Waals surface area (Å²) in [5.74, 6) is 3.77. The van der Waals surface area contributed by atoms with Crippen molar-refractivity contribution in [2.75, 3.05) is 5.32 Å². The number of hydrogen-bond donors (Lipinski definition) is 3. The average Bonchev–Trinajstić information content (AvgIpc) is 3.48. The summed E-state index contributed by atoms with van der Waals surface area (Å²) in [5, 5.41) is 34.9. The third kappa shape index (κ3) is 4.25. The molecule has 0 bridgehead atoms. The maximum Gasteiger partial charge on any atom is 0.226 e. The van der Waals surface area contributed by atoms with Crippen molar-refractivity contribution in [2.24, 2.45) is 46.3 Å². The molecule has 36 heavy (non-hydrogen) atoms. The van der Waals surface area contributed by atoms with Crippen LogP contribution in [0.4, 0.5) is 5.13 Å². The van der Waals surface area contributed by atoms with E-state index in [4.69, 9.17) is 0 Å². The zero-order valence-electron chi connectivity index (χ0n) is 22.3. The molecule has 7 heteroatoms. The zero-order chi connectivity index (χ0) is 25.2. The first-order valence-electron chi connectivity index (χ1n) is 14.7. The van der Waals surface area contributed by atoms with Crippen LogP contribution in [0.25, 0.3) is 0 Å². The van der Waals surface area contributed by atoms with Crippen LogP contribution in [0.2, 0.25) is 0 Å². The molecule has 3 N–H and O–H groups in total. The van der Waals surface area contributed by atoms with Gasteiger partial charge in [0.25, 0.3) is 0 Å². The minimum Gasteiger partial charge on any atom is -0.393 e. The van der Waals surface area contributed by atoms with Gasteiger partial charge in [-0.15, -0.1) is 10.2 Å². The molecule has 5 aliphatic rings. The summed E-state index contributed by atoms with van der Waals surface area (Å²) in [5.41, 5.74) is 0.532. The van der Waals surface area contributed by atoms with Gasteiger partial charge in [0.2, 0.25) is 11.0 Å². The van der Waals surface area contributed by atoms with E-state index in [2.05, 4.69) is 36.3 Å². The van der Waals surface area contributed by atoms with Crippen LogP contribution in [0.5, 0.6) is 0 Å². The fourth-order valence-electron chi connectivity index (χ4n) is 9.70. The number of fused-ring (bicyclic) bond motifs is 5. The minimum absolute atomic E-state index is 0.0601. The number of nitrogens with one attached hydrogen (secondary N) is 1. The Hall–Kier alpha value is -1.05. The Morgan fingerprint density at radius 2 is 1.78 bits per heavy atom. The second-order valence-corrected chi connectivity index (χ2v) is 14.7. The van der Waals surface area contributed by atoms with Gasteiger partial charge in [-0.1, -0.05) is 32.1 Å². The molecule has 0 aromatic carbocycles. The van der Waals surface area contributed by atoms with Crippen molar-refractivity contribution >= 4 is 22.4 Å². The van der Waals surface area contributed by atoms with E-state index in [9.17, 15) is 15.0 Å². The van der Waals surface area contributed by atoms with Crippen LogP contribution in [0.3, 0.4) is 0 Å². The van der Waals surface area contributed by atoms with Gasteiger partial charge in [-0.2, -0.15) is 0 Å². The average molecular weight is 516 g/mol. The predicted molar refractivity (Wildman–Crippen MR) is 142 cm³/mol. The van der Waals surface area contributed by atoms with Crippen LogP contribution in [0.15, 0.2) is 0 Å². The summed E-state index contributed by atoms with van der Waals surface area (Å²) >= 11 is 1.53. The molecule has 0 unspecified atom stereocenters. The Bertz CT molecular complexity index is 981. The molecule has 1 aromatic rings. The van der Waals surface area contributed by atoms with Gasteiger partial charge in [0.05, 0.1) is 12.2 Å². The van der Waals surface area contributed by atoms with Crippen molar-refractivity contribution in [3.8, 4) is 0 Å². The highest BCUT2D eigenvalue weighted by Gasteiger charge is 2.62. The van der Waals surface area contributed by atoms with Gasteiger partial charge < -0.3 is 15.5 Å². The number of aliphatic hydroxyl groups excluding tert-OH is 2. The topological polar surface area (TPSA) is 95.3 Å². The van der Waals surface area contributed by atoms with E-state index in [1.165, 1.54) is 49.9 Å². The molecule has 1 amide bonds. The largest absolute Gasteiger partial charge is 0.393 e. The highest BCUT2D eigenvalue weighted by Crippen LogP contribution is 2.68. The predicted octanol–water partition coefficient (Wildman–Crippen LogP) is 5.76. The van der Waals surface area contributed by atoms with E-state index in [0.29, 0.717) is 53.0 Å². The van der Waals surface area contributed by atoms with E-state index in [0.717, 1.165) is 37.1 Å². The highest BCUT2D eigenvalue weighted by molar-refractivity contribution is 7.15. The number of aliphatic hydroxyl groups is 2. The number of amides is 1. The SMILES string of the molecule is C[C@H](CCC(=O)Nc1nnc(C2CC2)s1)[C@@H]1CC[C@@H]2[C@H]3[C@@H](CC[C@@]21C)[C@@]1(C)CC[C@@H](O)C[C@@H]1C[C@@H]3O. The quantitative estimate of drug-likeness (QED) is 0.448. The molecule has 5 aliphatic carbocycles. The van der Waals surface area contributed by atoms with Crippen molar-refractivity contribution in [2.45, 2.75) is 116 Å². The lowest BCUT2D eigenvalue weighted by Crippen LogP contribution is -2.58. The van der Waals surface area contributed by atoms with Gasteiger partial charge in [0, 0.05) is 12.3 Å². The van der Waals surface area contributed by atoms with Crippen molar-refractivity contribution in [3.05, 3.63) is 5.01 Å². The summed E-state index contributed by atoms with van der Waals surface area (Å²) in [6.07, 6.45) is 12.1. The van der Waals surface area contributed by atoms with Crippen molar-refractivity contribution in [1.82, 2.24) is 10.2 Å². The molecule has 0 radical (unpaired) electrons. The molecule has 5 saturated carbocycles. The monoisotopic (exact) mass is 515 g/mol. The van der Waals surface area contributed by atoms with E-state index in [1.807, 2.05) is 0 Å². The number of anilines is 1. The van der Waals surface area contributed by atoms with Gasteiger partial charge in [0.15, 0.2) is 0 Å². The Kier molecular flexibility index (Phi) is 6.52. The van der Waals surface area contributed by atoms with E-state index < -0.39 is 0 Å². The van der Waals surface area contributed by atoms with E-state index in [-0.39, 0.29) is 28.9 Å². The number of nitrogens with zero attached hydrogens (tertiary/aromatic N) is 2. The van der Waals surface area contributed by atoms with Gasteiger partial charge in [-0.05, 0) is 117 Å². The standard InChI is InChI=1S/C29H45N3O3S/c1-16(4-9-24(35)30-27-32-31-26(36-27)17-5-6-17)20-7-8-21-25-22(11-13-29(20,21)3)28(2)12-10-19(33)14-18(28)15-23(25)34/h16-23,25,33-34H,4-15H2,1-3H3,(H,30,32,35)/t16-,18-,19-,20+,21-,22-,23+,25+,28+,29-/m1/s1. The van der Waals surface area contributed by atoms with Crippen LogP contribution >= 0.6 is 11.3 Å². The minimum atomic E-state index is -0.227. The first-order chi connectivity index (χ1) is 17.2. The van der Waals surface area contributed by atoms with Gasteiger partial charge in [-0.25, -0.2) is 0 Å². The summed E-state index contributed by atoms with van der Waals surface area (Å²) in [6.45, 7) is 7.34. The van der Waals surface area contributed by atoms with E-state index in [1.54, 1.807) is 0 Å². The molecule has 200 valence electrons. The lowest BCUT2D eigenvalue weighted by atomic mass is 9.43. The Morgan fingerprint density at radius 1 is 1.03 bits per heavy atom. The third-order valence-corrected chi connectivity index (χ3v) is 12.9. The molecule has 1 aromatic heterocycles. The smallest absolute Gasteiger partial charge is 0.226 e. The number of rotatable bonds is 6.